The Hall–Kier alpha value is -7.24. The van der Waals surface area contributed by atoms with Crippen LogP contribution in [-0.4, -0.2) is 18.9 Å². The van der Waals surface area contributed by atoms with Crippen LogP contribution in [0.25, 0.3) is 121 Å². The van der Waals surface area contributed by atoms with Crippen molar-refractivity contribution in [3.05, 3.63) is 158 Å². The second-order valence-electron chi connectivity index (χ2n) is 14.1. The maximum atomic E-state index is 6.74. The first-order valence-corrected chi connectivity index (χ1v) is 18.0. The summed E-state index contributed by atoms with van der Waals surface area (Å²) in [5.41, 5.74) is 10.2. The molecule has 0 bridgehead atoms. The van der Waals surface area contributed by atoms with E-state index in [0.717, 1.165) is 71.4 Å². The number of benzene rings is 8. The minimum atomic E-state index is 0.626. The molecule has 8 aromatic carbocycles. The Morgan fingerprint density at radius 1 is 0.415 bits per heavy atom. The van der Waals surface area contributed by atoms with Gasteiger partial charge in [-0.3, -0.25) is 4.57 Å². The van der Waals surface area contributed by atoms with Crippen LogP contribution in [0.2, 0.25) is 0 Å². The fourth-order valence-electron chi connectivity index (χ4n) is 9.34. The van der Waals surface area contributed by atoms with Crippen LogP contribution in [0, 0.1) is 0 Å². The zero-order chi connectivity index (χ0) is 34.4. The molecule has 0 radical (unpaired) electrons. The van der Waals surface area contributed by atoms with Crippen molar-refractivity contribution in [2.24, 2.45) is 0 Å². The summed E-state index contributed by atoms with van der Waals surface area (Å²) in [6.45, 7) is 0. The Morgan fingerprint density at radius 3 is 2.06 bits per heavy atom. The molecule has 0 aliphatic rings. The minimum absolute atomic E-state index is 0.626. The van der Waals surface area contributed by atoms with Crippen LogP contribution in [0.5, 0.6) is 0 Å². The van der Waals surface area contributed by atoms with Crippen LogP contribution in [-0.2, 0) is 0 Å². The van der Waals surface area contributed by atoms with E-state index in [9.17, 15) is 0 Å². The molecule has 53 heavy (non-hydrogen) atoms. The van der Waals surface area contributed by atoms with Crippen molar-refractivity contribution < 1.29 is 4.42 Å². The lowest BCUT2D eigenvalue weighted by Gasteiger charge is -2.14. The molecule has 244 valence electrons. The third-order valence-corrected chi connectivity index (χ3v) is 11.4. The van der Waals surface area contributed by atoms with Gasteiger partial charge in [-0.05, 0) is 41.1 Å². The molecule has 5 aromatic heterocycles. The fraction of sp³-hybridized carbons (Fsp3) is 0. The second-order valence-corrected chi connectivity index (χ2v) is 14.1. The lowest BCUT2D eigenvalue weighted by atomic mass is 9.99. The standard InChI is InChI=1S/C48H26N4O/c1-2-13-28(14-3-1)46-41-29-15-5-4-12-27(29)24-25-34(41)49-48(50-46)52-37-22-11-21-36-44(37)45-38(52)26-40-42(32-17-7-9-23-39(32)53-40)43(45)33-19-10-18-31-30-16-6-8-20-35(30)51(36)47(31)33/h1-26H. The third-order valence-electron chi connectivity index (χ3n) is 11.4. The predicted molar refractivity (Wildman–Crippen MR) is 219 cm³/mol. The van der Waals surface area contributed by atoms with Crippen LogP contribution < -0.4 is 0 Å². The number of fused-ring (bicyclic) bond motifs is 12. The summed E-state index contributed by atoms with van der Waals surface area (Å²) in [7, 11) is 0. The normalized spacial score (nSPS) is 12.5. The van der Waals surface area contributed by atoms with E-state index >= 15 is 0 Å². The van der Waals surface area contributed by atoms with Gasteiger partial charge in [0.15, 0.2) is 0 Å². The average Bonchev–Trinajstić information content (AvgIpc) is 3.84. The van der Waals surface area contributed by atoms with Crippen LogP contribution in [0.1, 0.15) is 0 Å². The van der Waals surface area contributed by atoms with Gasteiger partial charge in [0.25, 0.3) is 0 Å². The summed E-state index contributed by atoms with van der Waals surface area (Å²) in [5.74, 6) is 0.626. The molecule has 0 aliphatic heterocycles. The van der Waals surface area contributed by atoms with Gasteiger partial charge in [0.1, 0.15) is 11.2 Å². The van der Waals surface area contributed by atoms with Crippen LogP contribution >= 0.6 is 0 Å². The Morgan fingerprint density at radius 2 is 1.13 bits per heavy atom. The predicted octanol–water partition coefficient (Wildman–Crippen LogP) is 12.6. The summed E-state index contributed by atoms with van der Waals surface area (Å²) in [6, 6.07) is 56.1. The summed E-state index contributed by atoms with van der Waals surface area (Å²) >= 11 is 0. The summed E-state index contributed by atoms with van der Waals surface area (Å²) in [6.07, 6.45) is 0. The van der Waals surface area contributed by atoms with Gasteiger partial charge in [0.05, 0.1) is 38.8 Å². The van der Waals surface area contributed by atoms with Crippen LogP contribution in [0.15, 0.2) is 162 Å². The highest BCUT2D eigenvalue weighted by atomic mass is 16.3. The highest BCUT2D eigenvalue weighted by molar-refractivity contribution is 6.38. The first-order chi connectivity index (χ1) is 26.3. The smallest absolute Gasteiger partial charge is 0.235 e. The zero-order valence-corrected chi connectivity index (χ0v) is 28.2. The molecule has 0 spiro atoms. The van der Waals surface area contributed by atoms with Crippen molar-refractivity contribution in [3.63, 3.8) is 0 Å². The molecule has 5 nitrogen and oxygen atoms in total. The van der Waals surface area contributed by atoms with Crippen molar-refractivity contribution in [3.8, 4) is 17.2 Å². The van der Waals surface area contributed by atoms with Crippen LogP contribution in [0.3, 0.4) is 0 Å². The van der Waals surface area contributed by atoms with Crippen molar-refractivity contribution in [1.82, 2.24) is 18.9 Å². The number of rotatable bonds is 2. The Bertz CT molecular complexity index is 3680. The Labute approximate surface area is 300 Å². The van der Waals surface area contributed by atoms with Gasteiger partial charge in [0.2, 0.25) is 5.95 Å². The molecule has 0 fully saturated rings. The fourth-order valence-corrected chi connectivity index (χ4v) is 9.34. The van der Waals surface area contributed by atoms with E-state index in [1.54, 1.807) is 0 Å². The van der Waals surface area contributed by atoms with Crippen LogP contribution in [0.4, 0.5) is 0 Å². The molecule has 13 rings (SSSR count). The Balaban J connectivity index is 1.31. The molecule has 0 unspecified atom stereocenters. The van der Waals surface area contributed by atoms with Crippen molar-refractivity contribution in [2.75, 3.05) is 0 Å². The molecule has 0 atom stereocenters. The maximum absolute atomic E-state index is 6.74. The zero-order valence-electron chi connectivity index (χ0n) is 28.2. The van der Waals surface area contributed by atoms with E-state index in [4.69, 9.17) is 14.4 Å². The third kappa shape index (κ3) is 3.42. The first-order valence-electron chi connectivity index (χ1n) is 18.0. The molecule has 0 saturated heterocycles. The molecule has 0 N–H and O–H groups in total. The summed E-state index contributed by atoms with van der Waals surface area (Å²) < 4.78 is 11.5. The molecule has 13 aromatic rings. The topological polar surface area (TPSA) is 48.3 Å². The van der Waals surface area contributed by atoms with E-state index < -0.39 is 0 Å². The highest BCUT2D eigenvalue weighted by Crippen LogP contribution is 2.48. The number of hydrogen-bond donors (Lipinski definition) is 0. The van der Waals surface area contributed by atoms with Crippen molar-refractivity contribution in [2.45, 2.75) is 0 Å². The molecular formula is C48H26N4O. The lowest BCUT2D eigenvalue weighted by Crippen LogP contribution is -2.04. The Kier molecular flexibility index (Phi) is 5.06. The van der Waals surface area contributed by atoms with Gasteiger partial charge in [-0.25, -0.2) is 9.97 Å². The SMILES string of the molecule is c1ccc(-c2nc(-n3c4cc5oc6ccccc6c5c5c6cccc7c8ccccc8n(c8cccc3c8c54)c76)nc3ccc4ccccc4c23)cc1. The molecule has 0 saturated carbocycles. The molecule has 0 aliphatic carbocycles. The molecule has 5 heteroatoms. The lowest BCUT2D eigenvalue weighted by molar-refractivity contribution is 0.669. The number of nitrogens with zero attached hydrogens (tertiary/aromatic N) is 4. The number of para-hydroxylation sites is 3. The molecule has 5 heterocycles. The number of aromatic nitrogens is 4. The van der Waals surface area contributed by atoms with Gasteiger partial charge in [-0.2, -0.15) is 0 Å². The monoisotopic (exact) mass is 674 g/mol. The molecular weight excluding hydrogens is 649 g/mol. The van der Waals surface area contributed by atoms with E-state index in [2.05, 4.69) is 161 Å². The number of furan rings is 1. The van der Waals surface area contributed by atoms with Gasteiger partial charge < -0.3 is 8.82 Å². The van der Waals surface area contributed by atoms with Gasteiger partial charge >= 0.3 is 0 Å². The second kappa shape index (κ2) is 9.75. The van der Waals surface area contributed by atoms with Crippen molar-refractivity contribution >= 4 is 104 Å². The number of hydrogen-bond acceptors (Lipinski definition) is 3. The van der Waals surface area contributed by atoms with Crippen molar-refractivity contribution in [1.29, 1.82) is 0 Å². The highest BCUT2D eigenvalue weighted by Gasteiger charge is 2.27. The molecule has 0 amide bonds. The minimum Gasteiger partial charge on any atom is -0.456 e. The van der Waals surface area contributed by atoms with E-state index in [0.29, 0.717) is 5.95 Å². The average molecular weight is 675 g/mol. The van der Waals surface area contributed by atoms with Gasteiger partial charge in [-0.1, -0.05) is 121 Å². The first kappa shape index (κ1) is 27.5. The van der Waals surface area contributed by atoms with Gasteiger partial charge in [-0.15, -0.1) is 0 Å². The largest absolute Gasteiger partial charge is 0.456 e. The maximum Gasteiger partial charge on any atom is 0.235 e. The van der Waals surface area contributed by atoms with E-state index in [1.165, 1.54) is 43.4 Å². The summed E-state index contributed by atoms with van der Waals surface area (Å²) in [4.78, 5) is 10.9. The van der Waals surface area contributed by atoms with E-state index in [-0.39, 0.29) is 0 Å². The van der Waals surface area contributed by atoms with E-state index in [1.807, 2.05) is 6.07 Å². The summed E-state index contributed by atoms with van der Waals surface area (Å²) in [5, 5.41) is 12.8. The quantitative estimate of drug-likeness (QED) is 0.172. The van der Waals surface area contributed by atoms with Gasteiger partial charge in [0, 0.05) is 60.1 Å².